The van der Waals surface area contributed by atoms with Crippen LogP contribution in [0.25, 0.3) is 11.0 Å². The first-order valence-corrected chi connectivity index (χ1v) is 7.60. The number of benzene rings is 1. The molecule has 3 rings (SSSR count). The molecule has 5 heteroatoms. The zero-order valence-corrected chi connectivity index (χ0v) is 12.1. The van der Waals surface area contributed by atoms with E-state index in [1.807, 2.05) is 0 Å². The fraction of sp³-hybridized carbons (Fsp3) is 0.533. The summed E-state index contributed by atoms with van der Waals surface area (Å²) >= 11 is 5.85. The van der Waals surface area contributed by atoms with Crippen molar-refractivity contribution in [1.29, 1.82) is 0 Å². The van der Waals surface area contributed by atoms with Crippen LogP contribution in [0.1, 0.15) is 18.7 Å². The van der Waals surface area contributed by atoms with Crippen molar-refractivity contribution in [3.8, 4) is 0 Å². The zero-order chi connectivity index (χ0) is 13.9. The third-order valence-corrected chi connectivity index (χ3v) is 4.08. The number of halogens is 2. The van der Waals surface area contributed by atoms with Gasteiger partial charge in [0.05, 0.1) is 11.0 Å². The minimum atomic E-state index is -0.222. The highest BCUT2D eigenvalue weighted by Crippen LogP contribution is 2.22. The van der Waals surface area contributed by atoms with E-state index in [2.05, 4.69) is 9.55 Å². The first kappa shape index (κ1) is 13.8. The normalized spacial score (nSPS) is 19.0. The molecule has 2 heterocycles. The minimum absolute atomic E-state index is 0.222. The van der Waals surface area contributed by atoms with Crippen LogP contribution in [0, 0.1) is 11.7 Å². The Morgan fingerprint density at radius 1 is 1.45 bits per heavy atom. The van der Waals surface area contributed by atoms with Crippen LogP contribution in [0.3, 0.4) is 0 Å². The predicted molar refractivity (Wildman–Crippen MR) is 77.7 cm³/mol. The fourth-order valence-corrected chi connectivity index (χ4v) is 2.96. The molecule has 0 aliphatic carbocycles. The largest absolute Gasteiger partial charge is 0.381 e. The van der Waals surface area contributed by atoms with Gasteiger partial charge in [0.1, 0.15) is 11.6 Å². The highest BCUT2D eigenvalue weighted by Gasteiger charge is 2.17. The first-order chi connectivity index (χ1) is 9.78. The number of fused-ring (bicyclic) bond motifs is 1. The van der Waals surface area contributed by atoms with Gasteiger partial charge in [-0.25, -0.2) is 9.37 Å². The lowest BCUT2D eigenvalue weighted by atomic mass is 10.1. The summed E-state index contributed by atoms with van der Waals surface area (Å²) in [4.78, 5) is 4.57. The van der Waals surface area contributed by atoms with Gasteiger partial charge in [-0.3, -0.25) is 0 Å². The molecule has 1 aliphatic rings. The number of aryl methyl sites for hydroxylation is 2. The lowest BCUT2D eigenvalue weighted by Crippen LogP contribution is -2.09. The van der Waals surface area contributed by atoms with Crippen molar-refractivity contribution in [2.24, 2.45) is 5.92 Å². The Hall–Kier alpha value is -1.13. The highest BCUT2D eigenvalue weighted by atomic mass is 35.5. The predicted octanol–water partition coefficient (Wildman–Crippen LogP) is 3.38. The van der Waals surface area contributed by atoms with Crippen molar-refractivity contribution in [1.82, 2.24) is 9.55 Å². The molecule has 108 valence electrons. The first-order valence-electron chi connectivity index (χ1n) is 7.06. The minimum Gasteiger partial charge on any atom is -0.381 e. The van der Waals surface area contributed by atoms with Gasteiger partial charge in [-0.05, 0) is 37.0 Å². The van der Waals surface area contributed by atoms with Gasteiger partial charge in [-0.15, -0.1) is 11.6 Å². The molecule has 0 amide bonds. The summed E-state index contributed by atoms with van der Waals surface area (Å²) in [6.07, 6.45) is 2.86. The molecule has 1 aliphatic heterocycles. The van der Waals surface area contributed by atoms with Crippen molar-refractivity contribution in [2.75, 3.05) is 19.1 Å². The van der Waals surface area contributed by atoms with E-state index in [1.54, 1.807) is 12.1 Å². The number of rotatable bonds is 5. The van der Waals surface area contributed by atoms with Crippen molar-refractivity contribution in [3.63, 3.8) is 0 Å². The van der Waals surface area contributed by atoms with E-state index in [0.717, 1.165) is 49.5 Å². The molecule has 1 aromatic heterocycles. The molecule has 0 N–H and O–H groups in total. The maximum Gasteiger partial charge on any atom is 0.125 e. The molecule has 1 atom stereocenters. The Labute approximate surface area is 122 Å². The standard InChI is InChI=1S/C15H18ClFN2O/c16-6-3-15-18-13-2-1-12(17)9-14(13)19(15)7-4-11-5-8-20-10-11/h1-2,9,11H,3-8,10H2. The van der Waals surface area contributed by atoms with Crippen molar-refractivity contribution < 1.29 is 9.13 Å². The van der Waals surface area contributed by atoms with Crippen LogP contribution in [0.4, 0.5) is 4.39 Å². The third-order valence-electron chi connectivity index (χ3n) is 3.89. The number of alkyl halides is 1. The molecule has 0 bridgehead atoms. The van der Waals surface area contributed by atoms with Crippen LogP contribution in [0.5, 0.6) is 0 Å². The molecule has 0 spiro atoms. The monoisotopic (exact) mass is 296 g/mol. The molecule has 3 nitrogen and oxygen atoms in total. The smallest absolute Gasteiger partial charge is 0.125 e. The van der Waals surface area contributed by atoms with Crippen molar-refractivity contribution in [2.45, 2.75) is 25.8 Å². The molecule has 20 heavy (non-hydrogen) atoms. The van der Waals surface area contributed by atoms with E-state index in [1.165, 1.54) is 6.07 Å². The highest BCUT2D eigenvalue weighted by molar-refractivity contribution is 6.17. The number of nitrogens with zero attached hydrogens (tertiary/aromatic N) is 2. The quantitative estimate of drug-likeness (QED) is 0.791. The average Bonchev–Trinajstić information content (AvgIpc) is 3.04. The van der Waals surface area contributed by atoms with Gasteiger partial charge < -0.3 is 9.30 Å². The summed E-state index contributed by atoms with van der Waals surface area (Å²) in [5.41, 5.74) is 1.71. The van der Waals surface area contributed by atoms with Gasteiger partial charge in [0.25, 0.3) is 0 Å². The van der Waals surface area contributed by atoms with Crippen molar-refractivity contribution in [3.05, 3.63) is 29.8 Å². The summed E-state index contributed by atoms with van der Waals surface area (Å²) in [5.74, 6) is 1.85. The van der Waals surface area contributed by atoms with E-state index in [-0.39, 0.29) is 5.82 Å². The van der Waals surface area contributed by atoms with Gasteiger partial charge in [-0.1, -0.05) is 0 Å². The Morgan fingerprint density at radius 3 is 3.10 bits per heavy atom. The Balaban J connectivity index is 1.88. The lowest BCUT2D eigenvalue weighted by molar-refractivity contribution is 0.183. The van der Waals surface area contributed by atoms with Crippen molar-refractivity contribution >= 4 is 22.6 Å². The SMILES string of the molecule is Fc1ccc2nc(CCCl)n(CCC3CCOC3)c2c1. The second-order valence-corrected chi connectivity index (χ2v) is 5.65. The van der Waals surface area contributed by atoms with Gasteiger partial charge in [0, 0.05) is 32.1 Å². The summed E-state index contributed by atoms with van der Waals surface area (Å²) in [7, 11) is 0. The van der Waals surface area contributed by atoms with Crippen LogP contribution in [0.2, 0.25) is 0 Å². The zero-order valence-electron chi connectivity index (χ0n) is 11.3. The van der Waals surface area contributed by atoms with E-state index >= 15 is 0 Å². The summed E-state index contributed by atoms with van der Waals surface area (Å²) < 4.78 is 21.0. The second kappa shape index (κ2) is 6.10. The number of aromatic nitrogens is 2. The number of hydrogen-bond donors (Lipinski definition) is 0. The van der Waals surface area contributed by atoms with Crippen LogP contribution < -0.4 is 0 Å². The number of ether oxygens (including phenoxy) is 1. The van der Waals surface area contributed by atoms with E-state index in [0.29, 0.717) is 18.2 Å². The maximum atomic E-state index is 13.5. The third kappa shape index (κ3) is 2.81. The van der Waals surface area contributed by atoms with E-state index in [4.69, 9.17) is 16.3 Å². The Kier molecular flexibility index (Phi) is 4.22. The van der Waals surface area contributed by atoms with Crippen LogP contribution in [-0.2, 0) is 17.7 Å². The van der Waals surface area contributed by atoms with E-state index in [9.17, 15) is 4.39 Å². The Bertz CT molecular complexity index is 593. The topological polar surface area (TPSA) is 27.1 Å². The lowest BCUT2D eigenvalue weighted by Gasteiger charge is -2.11. The van der Waals surface area contributed by atoms with Gasteiger partial charge >= 0.3 is 0 Å². The van der Waals surface area contributed by atoms with Crippen LogP contribution in [-0.4, -0.2) is 28.6 Å². The summed E-state index contributed by atoms with van der Waals surface area (Å²) in [6, 6.07) is 4.75. The molecular weight excluding hydrogens is 279 g/mol. The van der Waals surface area contributed by atoms with Gasteiger partial charge in [0.2, 0.25) is 0 Å². The molecule has 0 saturated carbocycles. The van der Waals surface area contributed by atoms with Gasteiger partial charge in [0.15, 0.2) is 0 Å². The molecule has 1 fully saturated rings. The average molecular weight is 297 g/mol. The fourth-order valence-electron chi connectivity index (χ4n) is 2.79. The number of imidazole rings is 1. The Morgan fingerprint density at radius 2 is 2.35 bits per heavy atom. The summed E-state index contributed by atoms with van der Waals surface area (Å²) in [6.45, 7) is 2.55. The maximum absolute atomic E-state index is 13.5. The van der Waals surface area contributed by atoms with E-state index < -0.39 is 0 Å². The molecule has 1 unspecified atom stereocenters. The van der Waals surface area contributed by atoms with Crippen LogP contribution in [0.15, 0.2) is 18.2 Å². The molecule has 0 radical (unpaired) electrons. The molecule has 2 aromatic rings. The molecule has 1 saturated heterocycles. The number of hydrogen-bond acceptors (Lipinski definition) is 2. The molecule has 1 aromatic carbocycles. The van der Waals surface area contributed by atoms with Gasteiger partial charge in [-0.2, -0.15) is 0 Å². The summed E-state index contributed by atoms with van der Waals surface area (Å²) in [5, 5.41) is 0. The second-order valence-electron chi connectivity index (χ2n) is 5.27. The van der Waals surface area contributed by atoms with Crippen LogP contribution >= 0.6 is 11.6 Å². The molecular formula is C15H18ClFN2O.